The number of hydrogen-bond donors (Lipinski definition) is 0. The van der Waals surface area contributed by atoms with Crippen LogP contribution < -0.4 is 4.90 Å². The summed E-state index contributed by atoms with van der Waals surface area (Å²) >= 11 is 0. The zero-order valence-electron chi connectivity index (χ0n) is 27.0. The first-order chi connectivity index (χ1) is 24.3. The number of hydrogen-bond acceptors (Lipinski definition) is 1. The van der Waals surface area contributed by atoms with Crippen molar-refractivity contribution in [1.29, 1.82) is 0 Å². The van der Waals surface area contributed by atoms with Crippen molar-refractivity contribution in [2.24, 2.45) is 0 Å². The van der Waals surface area contributed by atoms with E-state index in [-0.39, 0.29) is 0 Å². The minimum Gasteiger partial charge on any atom is -0.309 e. The molecule has 0 N–H and O–H groups in total. The van der Waals surface area contributed by atoms with E-state index in [0.717, 1.165) is 11.4 Å². The molecule has 9 aromatic carbocycles. The quantitative estimate of drug-likeness (QED) is 0.167. The first-order valence-corrected chi connectivity index (χ1v) is 16.9. The fourth-order valence-electron chi connectivity index (χ4n) is 7.37. The van der Waals surface area contributed by atoms with Crippen LogP contribution >= 0.6 is 0 Å². The van der Waals surface area contributed by atoms with Gasteiger partial charge in [0.2, 0.25) is 0 Å². The van der Waals surface area contributed by atoms with E-state index in [9.17, 15) is 0 Å². The van der Waals surface area contributed by atoms with Crippen molar-refractivity contribution in [2.45, 2.75) is 0 Å². The Bertz CT molecular complexity index is 2580. The number of para-hydroxylation sites is 1. The summed E-state index contributed by atoms with van der Waals surface area (Å²) in [5.74, 6) is 0. The van der Waals surface area contributed by atoms with E-state index in [1.54, 1.807) is 0 Å². The molecule has 0 aliphatic rings. The Morgan fingerprint density at radius 1 is 0.286 bits per heavy atom. The molecule has 0 amide bonds. The van der Waals surface area contributed by atoms with E-state index in [0.29, 0.717) is 0 Å². The summed E-state index contributed by atoms with van der Waals surface area (Å²) in [6.45, 7) is 0. The number of nitrogens with zero attached hydrogens (tertiary/aromatic N) is 1. The number of anilines is 3. The molecule has 9 aromatic rings. The van der Waals surface area contributed by atoms with Crippen molar-refractivity contribution in [3.8, 4) is 33.4 Å². The highest BCUT2D eigenvalue weighted by atomic mass is 15.1. The molecule has 1 nitrogen and oxygen atoms in total. The van der Waals surface area contributed by atoms with Gasteiger partial charge in [-0.1, -0.05) is 170 Å². The molecule has 0 saturated carbocycles. The third-order valence-electron chi connectivity index (χ3n) is 9.63. The van der Waals surface area contributed by atoms with Gasteiger partial charge in [-0.3, -0.25) is 0 Å². The molecule has 49 heavy (non-hydrogen) atoms. The normalized spacial score (nSPS) is 11.3. The van der Waals surface area contributed by atoms with Crippen molar-refractivity contribution < 1.29 is 0 Å². The molecule has 0 spiro atoms. The maximum atomic E-state index is 2.45. The predicted octanol–water partition coefficient (Wildman–Crippen LogP) is 13.6. The summed E-state index contributed by atoms with van der Waals surface area (Å²) in [6, 6.07) is 72.4. The largest absolute Gasteiger partial charge is 0.309 e. The molecule has 0 aromatic heterocycles. The third kappa shape index (κ3) is 5.13. The second-order valence-electron chi connectivity index (χ2n) is 12.5. The molecule has 0 radical (unpaired) electrons. The van der Waals surface area contributed by atoms with Gasteiger partial charge in [0.1, 0.15) is 0 Å². The lowest BCUT2D eigenvalue weighted by Gasteiger charge is -2.31. The minimum absolute atomic E-state index is 1.11. The van der Waals surface area contributed by atoms with Crippen LogP contribution in [0.3, 0.4) is 0 Å². The van der Waals surface area contributed by atoms with Crippen molar-refractivity contribution in [2.75, 3.05) is 4.90 Å². The van der Waals surface area contributed by atoms with Crippen LogP contribution in [0.2, 0.25) is 0 Å². The van der Waals surface area contributed by atoms with Crippen LogP contribution in [0.5, 0.6) is 0 Å². The molecule has 0 unspecified atom stereocenters. The van der Waals surface area contributed by atoms with Gasteiger partial charge in [0.25, 0.3) is 0 Å². The molecule has 0 aliphatic heterocycles. The van der Waals surface area contributed by atoms with E-state index in [2.05, 4.69) is 205 Å². The molecule has 0 aliphatic carbocycles. The van der Waals surface area contributed by atoms with E-state index >= 15 is 0 Å². The molecular weight excluding hydrogens is 591 g/mol. The van der Waals surface area contributed by atoms with Crippen LogP contribution in [0.4, 0.5) is 17.1 Å². The lowest BCUT2D eigenvalue weighted by molar-refractivity contribution is 1.30. The summed E-state index contributed by atoms with van der Waals surface area (Å²) in [6.07, 6.45) is 0. The molecule has 0 heterocycles. The van der Waals surface area contributed by atoms with Crippen molar-refractivity contribution in [1.82, 2.24) is 0 Å². The van der Waals surface area contributed by atoms with Crippen LogP contribution in [0.15, 0.2) is 200 Å². The predicted molar refractivity (Wildman–Crippen MR) is 210 cm³/mol. The summed E-state index contributed by atoms with van der Waals surface area (Å²) in [5, 5.41) is 7.43. The van der Waals surface area contributed by atoms with E-state index in [1.807, 2.05) is 0 Å². The number of fused-ring (bicyclic) bond motifs is 4. The van der Waals surface area contributed by atoms with Crippen molar-refractivity contribution >= 4 is 49.4 Å². The van der Waals surface area contributed by atoms with Gasteiger partial charge in [-0.05, 0) is 85.1 Å². The average Bonchev–Trinajstić information content (AvgIpc) is 3.19. The monoisotopic (exact) mass is 623 g/mol. The summed E-state index contributed by atoms with van der Waals surface area (Å²) < 4.78 is 0. The van der Waals surface area contributed by atoms with Gasteiger partial charge in [0, 0.05) is 22.3 Å². The number of rotatable bonds is 6. The van der Waals surface area contributed by atoms with Gasteiger partial charge in [-0.15, -0.1) is 0 Å². The van der Waals surface area contributed by atoms with Gasteiger partial charge >= 0.3 is 0 Å². The zero-order chi connectivity index (χ0) is 32.6. The first-order valence-electron chi connectivity index (χ1n) is 16.9. The highest BCUT2D eigenvalue weighted by Crippen LogP contribution is 2.50. The van der Waals surface area contributed by atoms with E-state index < -0.39 is 0 Å². The van der Waals surface area contributed by atoms with Crippen LogP contribution in [0.1, 0.15) is 0 Å². The van der Waals surface area contributed by atoms with Crippen molar-refractivity contribution in [3.63, 3.8) is 0 Å². The standard InChI is InChI=1S/C48H33N/c1-3-15-34(16-4-1)37-19-13-20-38(33-37)35-29-31-40(32-30-35)49(39-21-5-2-6-22-39)48-46-27-12-10-25-43(46)42-24-9-11-26-45(42)47(48)44-28-14-18-36-17-7-8-23-41(36)44/h1-33H. The SMILES string of the molecule is c1ccc(-c2cccc(-c3ccc(N(c4ccccc4)c4c(-c5cccc6ccccc56)c5ccccc5c5ccccc45)cc3)c2)cc1. The van der Waals surface area contributed by atoms with E-state index in [4.69, 9.17) is 0 Å². The molecule has 0 fully saturated rings. The second kappa shape index (κ2) is 12.3. The second-order valence-corrected chi connectivity index (χ2v) is 12.5. The highest BCUT2D eigenvalue weighted by molar-refractivity contribution is 6.24. The smallest absolute Gasteiger partial charge is 0.0625 e. The van der Waals surface area contributed by atoms with Crippen molar-refractivity contribution in [3.05, 3.63) is 200 Å². The molecule has 230 valence electrons. The Morgan fingerprint density at radius 3 is 1.47 bits per heavy atom. The molecule has 1 heteroatoms. The Balaban J connectivity index is 1.31. The average molecular weight is 624 g/mol. The molecular formula is C48H33N. The Hall–Kier alpha value is -6.44. The Morgan fingerprint density at radius 2 is 0.755 bits per heavy atom. The molecule has 0 saturated heterocycles. The van der Waals surface area contributed by atoms with Crippen LogP contribution in [0, 0.1) is 0 Å². The molecule has 0 atom stereocenters. The fraction of sp³-hybridized carbons (Fsp3) is 0. The lowest BCUT2D eigenvalue weighted by Crippen LogP contribution is -2.12. The van der Waals surface area contributed by atoms with Gasteiger partial charge < -0.3 is 4.90 Å². The van der Waals surface area contributed by atoms with Crippen LogP contribution in [0.25, 0.3) is 65.7 Å². The maximum Gasteiger partial charge on any atom is 0.0625 e. The van der Waals surface area contributed by atoms with E-state index in [1.165, 1.54) is 71.4 Å². The topological polar surface area (TPSA) is 3.24 Å². The third-order valence-corrected chi connectivity index (χ3v) is 9.63. The minimum atomic E-state index is 1.11. The van der Waals surface area contributed by atoms with Gasteiger partial charge in [-0.2, -0.15) is 0 Å². The summed E-state index contributed by atoms with van der Waals surface area (Å²) in [5.41, 5.74) is 10.7. The van der Waals surface area contributed by atoms with Crippen LogP contribution in [-0.2, 0) is 0 Å². The Labute approximate surface area is 287 Å². The Kier molecular flexibility index (Phi) is 7.22. The highest BCUT2D eigenvalue weighted by Gasteiger charge is 2.24. The zero-order valence-corrected chi connectivity index (χ0v) is 27.0. The van der Waals surface area contributed by atoms with Crippen LogP contribution in [-0.4, -0.2) is 0 Å². The molecule has 9 rings (SSSR count). The lowest BCUT2D eigenvalue weighted by atomic mass is 9.88. The van der Waals surface area contributed by atoms with Gasteiger partial charge in [-0.25, -0.2) is 0 Å². The first kappa shape index (κ1) is 28.8. The van der Waals surface area contributed by atoms with Gasteiger partial charge in [0.15, 0.2) is 0 Å². The number of benzene rings is 9. The molecule has 0 bridgehead atoms. The maximum absolute atomic E-state index is 2.45. The summed E-state index contributed by atoms with van der Waals surface area (Å²) in [7, 11) is 0. The summed E-state index contributed by atoms with van der Waals surface area (Å²) in [4.78, 5) is 2.45. The fourth-order valence-corrected chi connectivity index (χ4v) is 7.37. The van der Waals surface area contributed by atoms with Gasteiger partial charge in [0.05, 0.1) is 5.69 Å².